The number of hydrogen-bond acceptors (Lipinski definition) is 8. The quantitative estimate of drug-likeness (QED) is 0.814. The van der Waals surface area contributed by atoms with Crippen molar-refractivity contribution >= 4 is 17.7 Å². The third-order valence-electron chi connectivity index (χ3n) is 4.84. The molecule has 0 aromatic carbocycles. The van der Waals surface area contributed by atoms with Gasteiger partial charge >= 0.3 is 0 Å². The summed E-state index contributed by atoms with van der Waals surface area (Å²) in [4.78, 5) is 33.7. The third kappa shape index (κ3) is 4.30. The molecular weight excluding hydrogens is 346 g/mol. The minimum Gasteiger partial charge on any atom is -0.376 e. The number of carbonyl (C=O) groups excluding carboxylic acids is 1. The number of aromatic nitrogens is 4. The highest BCUT2D eigenvalue weighted by atomic mass is 16.5. The van der Waals surface area contributed by atoms with Crippen molar-refractivity contribution in [2.75, 3.05) is 49.1 Å². The largest absolute Gasteiger partial charge is 0.376 e. The maximum atomic E-state index is 12.4. The van der Waals surface area contributed by atoms with Gasteiger partial charge in [0.1, 0.15) is 17.8 Å². The molecule has 1 atom stereocenters. The molecule has 1 N–H and O–H groups in total. The molecule has 27 heavy (non-hydrogen) atoms. The van der Waals surface area contributed by atoms with Crippen LogP contribution in [0.1, 0.15) is 23.3 Å². The highest BCUT2D eigenvalue weighted by Crippen LogP contribution is 2.16. The van der Waals surface area contributed by atoms with Gasteiger partial charge in [-0.15, -0.1) is 0 Å². The van der Waals surface area contributed by atoms with Gasteiger partial charge in [0.25, 0.3) is 5.91 Å². The molecule has 0 saturated carbocycles. The molecule has 0 spiro atoms. The lowest BCUT2D eigenvalue weighted by Gasteiger charge is -2.35. The molecule has 2 aliphatic rings. The van der Waals surface area contributed by atoms with Crippen molar-refractivity contribution in [3.8, 4) is 0 Å². The van der Waals surface area contributed by atoms with Crippen LogP contribution >= 0.6 is 0 Å². The van der Waals surface area contributed by atoms with E-state index in [0.717, 1.165) is 57.4 Å². The molecule has 9 nitrogen and oxygen atoms in total. The topological polar surface area (TPSA) is 96.4 Å². The minimum absolute atomic E-state index is 0.114. The Hall–Kier alpha value is -2.81. The molecule has 0 aliphatic carbocycles. The Bertz CT molecular complexity index is 759. The zero-order chi connectivity index (χ0) is 18.5. The van der Waals surface area contributed by atoms with Crippen molar-refractivity contribution in [3.63, 3.8) is 0 Å². The fraction of sp³-hybridized carbons (Fsp3) is 0.500. The lowest BCUT2D eigenvalue weighted by Crippen LogP contribution is -2.47. The van der Waals surface area contributed by atoms with Crippen LogP contribution < -0.4 is 15.1 Å². The van der Waals surface area contributed by atoms with Crippen LogP contribution in [0.2, 0.25) is 0 Å². The van der Waals surface area contributed by atoms with E-state index in [4.69, 9.17) is 4.74 Å². The van der Waals surface area contributed by atoms with Crippen LogP contribution in [-0.4, -0.2) is 71.3 Å². The summed E-state index contributed by atoms with van der Waals surface area (Å²) in [5, 5.41) is 2.90. The van der Waals surface area contributed by atoms with Crippen LogP contribution in [0.3, 0.4) is 0 Å². The number of carbonyl (C=O) groups is 1. The number of rotatable bonds is 5. The first kappa shape index (κ1) is 17.6. The van der Waals surface area contributed by atoms with Gasteiger partial charge in [0.05, 0.1) is 6.10 Å². The van der Waals surface area contributed by atoms with Crippen LogP contribution in [0.4, 0.5) is 11.8 Å². The molecular formula is C18H23N7O2. The number of nitrogens with one attached hydrogen (secondary N) is 1. The second-order valence-corrected chi connectivity index (χ2v) is 6.63. The van der Waals surface area contributed by atoms with E-state index in [1.54, 1.807) is 18.5 Å². The van der Waals surface area contributed by atoms with Crippen LogP contribution in [0.5, 0.6) is 0 Å². The zero-order valence-corrected chi connectivity index (χ0v) is 15.1. The summed E-state index contributed by atoms with van der Waals surface area (Å²) >= 11 is 0. The van der Waals surface area contributed by atoms with Crippen LogP contribution in [0.15, 0.2) is 30.9 Å². The van der Waals surface area contributed by atoms with Gasteiger partial charge in [0.15, 0.2) is 0 Å². The van der Waals surface area contributed by atoms with Crippen molar-refractivity contribution in [3.05, 3.63) is 36.5 Å². The van der Waals surface area contributed by atoms with Crippen LogP contribution in [0.25, 0.3) is 0 Å². The minimum atomic E-state index is -0.189. The molecule has 2 saturated heterocycles. The summed E-state index contributed by atoms with van der Waals surface area (Å²) in [5.41, 5.74) is 0.381. The Kier molecular flexibility index (Phi) is 5.38. The highest BCUT2D eigenvalue weighted by Gasteiger charge is 2.21. The smallest absolute Gasteiger partial charge is 0.270 e. The number of nitrogens with zero attached hydrogens (tertiary/aromatic N) is 6. The van der Waals surface area contributed by atoms with Gasteiger partial charge < -0.3 is 19.9 Å². The Labute approximate surface area is 157 Å². The molecule has 4 rings (SSSR count). The van der Waals surface area contributed by atoms with Crippen molar-refractivity contribution in [1.82, 2.24) is 25.3 Å². The van der Waals surface area contributed by atoms with Gasteiger partial charge in [-0.3, -0.25) is 4.79 Å². The summed E-state index contributed by atoms with van der Waals surface area (Å²) < 4.78 is 5.53. The van der Waals surface area contributed by atoms with Gasteiger partial charge in [0, 0.05) is 57.8 Å². The number of hydrogen-bond donors (Lipinski definition) is 1. The second kappa shape index (κ2) is 8.26. The Morgan fingerprint density at radius 2 is 1.89 bits per heavy atom. The van der Waals surface area contributed by atoms with E-state index in [-0.39, 0.29) is 12.0 Å². The molecule has 1 unspecified atom stereocenters. The summed E-state index contributed by atoms with van der Waals surface area (Å²) in [6.45, 7) is 4.47. The summed E-state index contributed by atoms with van der Waals surface area (Å²) in [6, 6.07) is 3.56. The van der Waals surface area contributed by atoms with E-state index < -0.39 is 0 Å². The van der Waals surface area contributed by atoms with E-state index in [9.17, 15) is 4.79 Å². The molecule has 0 bridgehead atoms. The average molecular weight is 369 g/mol. The van der Waals surface area contributed by atoms with Gasteiger partial charge in [-0.25, -0.2) is 19.9 Å². The highest BCUT2D eigenvalue weighted by molar-refractivity contribution is 5.92. The summed E-state index contributed by atoms with van der Waals surface area (Å²) in [7, 11) is 0. The third-order valence-corrected chi connectivity index (χ3v) is 4.84. The SMILES string of the molecule is O=C(NCC1CCCO1)c1cc(N2CCN(c3ncccn3)CC2)ncn1. The van der Waals surface area contributed by atoms with Crippen molar-refractivity contribution in [2.24, 2.45) is 0 Å². The molecule has 2 aromatic rings. The summed E-state index contributed by atoms with van der Waals surface area (Å²) in [5.74, 6) is 1.32. The first-order valence-corrected chi connectivity index (χ1v) is 9.28. The van der Waals surface area contributed by atoms with E-state index in [2.05, 4.69) is 35.1 Å². The second-order valence-electron chi connectivity index (χ2n) is 6.63. The lowest BCUT2D eigenvalue weighted by atomic mass is 10.2. The van der Waals surface area contributed by atoms with Gasteiger partial charge in [0.2, 0.25) is 5.95 Å². The molecule has 9 heteroatoms. The number of anilines is 2. The predicted molar refractivity (Wildman–Crippen MR) is 99.8 cm³/mol. The van der Waals surface area contributed by atoms with Crippen molar-refractivity contribution in [2.45, 2.75) is 18.9 Å². The van der Waals surface area contributed by atoms with Gasteiger partial charge in [-0.2, -0.15) is 0 Å². The van der Waals surface area contributed by atoms with Crippen molar-refractivity contribution < 1.29 is 9.53 Å². The zero-order valence-electron chi connectivity index (χ0n) is 15.1. The molecule has 142 valence electrons. The number of piperazine rings is 1. The van der Waals surface area contributed by atoms with E-state index in [1.165, 1.54) is 6.33 Å². The maximum Gasteiger partial charge on any atom is 0.270 e. The first-order valence-electron chi connectivity index (χ1n) is 9.28. The molecule has 2 aromatic heterocycles. The molecule has 1 amide bonds. The standard InChI is InChI=1S/C18H23N7O2/c26-17(21-12-14-3-1-10-27-14)15-11-16(23-13-22-15)24-6-8-25(9-7-24)18-19-4-2-5-20-18/h2,4-5,11,13-14H,1,3,6-10,12H2,(H,21,26). The fourth-order valence-corrected chi connectivity index (χ4v) is 3.34. The number of amides is 1. The Morgan fingerprint density at radius 3 is 2.63 bits per heavy atom. The predicted octanol–water partition coefficient (Wildman–Crippen LogP) is 0.502. The van der Waals surface area contributed by atoms with Crippen LogP contribution in [0, 0.1) is 0 Å². The van der Waals surface area contributed by atoms with E-state index in [0.29, 0.717) is 12.2 Å². The molecule has 4 heterocycles. The Morgan fingerprint density at radius 1 is 1.11 bits per heavy atom. The lowest BCUT2D eigenvalue weighted by molar-refractivity contribution is 0.0853. The fourth-order valence-electron chi connectivity index (χ4n) is 3.34. The van der Waals surface area contributed by atoms with E-state index >= 15 is 0 Å². The Balaban J connectivity index is 1.34. The van der Waals surface area contributed by atoms with Gasteiger partial charge in [-0.05, 0) is 18.9 Å². The molecule has 0 radical (unpaired) electrons. The van der Waals surface area contributed by atoms with Crippen LogP contribution in [-0.2, 0) is 4.74 Å². The van der Waals surface area contributed by atoms with E-state index in [1.807, 2.05) is 6.07 Å². The molecule has 2 aliphatic heterocycles. The van der Waals surface area contributed by atoms with Gasteiger partial charge in [-0.1, -0.05) is 0 Å². The number of ether oxygens (including phenoxy) is 1. The summed E-state index contributed by atoms with van der Waals surface area (Å²) in [6.07, 6.45) is 7.11. The molecule has 2 fully saturated rings. The normalized spacial score (nSPS) is 19.9. The maximum absolute atomic E-state index is 12.4. The monoisotopic (exact) mass is 369 g/mol. The average Bonchev–Trinajstić information content (AvgIpc) is 3.27. The first-order chi connectivity index (χ1) is 13.3. The van der Waals surface area contributed by atoms with Crippen molar-refractivity contribution in [1.29, 1.82) is 0 Å².